The molecule has 1 saturated heterocycles. The summed E-state index contributed by atoms with van der Waals surface area (Å²) >= 11 is 0. The molecule has 1 aliphatic heterocycles. The molecule has 0 amide bonds. The van der Waals surface area contributed by atoms with E-state index in [9.17, 15) is 25.0 Å². The third kappa shape index (κ3) is 5.22. The highest BCUT2D eigenvalue weighted by Gasteiger charge is 2.46. The Hall–Kier alpha value is -0.130. The van der Waals surface area contributed by atoms with E-state index in [1.54, 1.807) is 0 Å². The normalized spacial score (nSPS) is 37.2. The zero-order valence-electron chi connectivity index (χ0n) is 11.3. The molecule has 7 atom stereocenters. The molecular weight excluding hydrogens is 311 g/mol. The highest BCUT2D eigenvalue weighted by atomic mass is 31.2. The molecule has 0 spiro atoms. The number of hydrogen-bond acceptors (Lipinski definition) is 8. The lowest BCUT2D eigenvalue weighted by Crippen LogP contribution is -2.61. The molecule has 0 aromatic carbocycles. The molecule has 1 rings (SSSR count). The van der Waals surface area contributed by atoms with Crippen molar-refractivity contribution in [1.29, 1.82) is 0 Å². The first-order chi connectivity index (χ1) is 9.56. The molecule has 11 heteroatoms. The predicted octanol–water partition coefficient (Wildman–Crippen LogP) is -2.92. The summed E-state index contributed by atoms with van der Waals surface area (Å²) in [6, 6.07) is 0. The van der Waals surface area contributed by atoms with Gasteiger partial charge in [-0.05, 0) is 6.92 Å². The molecule has 21 heavy (non-hydrogen) atoms. The summed E-state index contributed by atoms with van der Waals surface area (Å²) in [5.74, 6) is 0. The van der Waals surface area contributed by atoms with E-state index in [2.05, 4.69) is 4.52 Å². The number of hydrogen-bond donors (Lipinski definition) is 7. The van der Waals surface area contributed by atoms with Crippen LogP contribution in [0.3, 0.4) is 0 Å². The van der Waals surface area contributed by atoms with Gasteiger partial charge in [-0.15, -0.1) is 0 Å². The zero-order valence-corrected chi connectivity index (χ0v) is 12.2. The van der Waals surface area contributed by atoms with Crippen molar-refractivity contribution in [2.75, 3.05) is 6.61 Å². The van der Waals surface area contributed by atoms with Crippen LogP contribution >= 0.6 is 7.82 Å². The van der Waals surface area contributed by atoms with E-state index in [-0.39, 0.29) is 6.42 Å². The predicted molar refractivity (Wildman–Crippen MR) is 67.0 cm³/mol. The Morgan fingerprint density at radius 2 is 1.76 bits per heavy atom. The minimum absolute atomic E-state index is 0.204. The van der Waals surface area contributed by atoms with Crippen molar-refractivity contribution in [2.45, 2.75) is 56.1 Å². The van der Waals surface area contributed by atoms with Gasteiger partial charge in [0, 0.05) is 6.42 Å². The standard InChI is InChI=1S/C10H21O10P/c1-4(20-21(16,17)18)2-6-7(13)8(14)9(15)10(19-6)5(12)3-11/h4-15H,2-3H2,1H3,(H2,16,17,18)/t4-,5-,6?,7+,8+,9-,10+/m0/s1. The maximum Gasteiger partial charge on any atom is 0.469 e. The van der Waals surface area contributed by atoms with E-state index in [0.717, 1.165) is 0 Å². The van der Waals surface area contributed by atoms with Crippen LogP contribution in [0.15, 0.2) is 0 Å². The summed E-state index contributed by atoms with van der Waals surface area (Å²) < 4.78 is 20.3. The summed E-state index contributed by atoms with van der Waals surface area (Å²) in [6.45, 7) is 0.593. The van der Waals surface area contributed by atoms with Crippen LogP contribution in [0.25, 0.3) is 0 Å². The fourth-order valence-electron chi connectivity index (χ4n) is 2.20. The molecule has 1 fully saturated rings. The molecule has 10 nitrogen and oxygen atoms in total. The quantitative estimate of drug-likeness (QED) is 0.249. The van der Waals surface area contributed by atoms with Gasteiger partial charge in [0.05, 0.1) is 18.8 Å². The molecule has 0 saturated carbocycles. The minimum Gasteiger partial charge on any atom is -0.394 e. The van der Waals surface area contributed by atoms with Crippen LogP contribution in [-0.4, -0.2) is 84.7 Å². The summed E-state index contributed by atoms with van der Waals surface area (Å²) in [4.78, 5) is 17.4. The lowest BCUT2D eigenvalue weighted by molar-refractivity contribution is -0.249. The van der Waals surface area contributed by atoms with Gasteiger partial charge in [0.1, 0.15) is 30.5 Å². The minimum atomic E-state index is -4.72. The van der Waals surface area contributed by atoms with Crippen LogP contribution in [0.2, 0.25) is 0 Å². The van der Waals surface area contributed by atoms with Crippen LogP contribution in [-0.2, 0) is 13.8 Å². The molecule has 1 unspecified atom stereocenters. The van der Waals surface area contributed by atoms with E-state index < -0.39 is 57.2 Å². The highest BCUT2D eigenvalue weighted by molar-refractivity contribution is 7.46. The first-order valence-corrected chi connectivity index (χ1v) is 7.82. The molecule has 0 aromatic rings. The van der Waals surface area contributed by atoms with Gasteiger partial charge < -0.3 is 40.1 Å². The van der Waals surface area contributed by atoms with Gasteiger partial charge in [-0.1, -0.05) is 0 Å². The van der Waals surface area contributed by atoms with Crippen molar-refractivity contribution < 1.29 is 49.1 Å². The van der Waals surface area contributed by atoms with E-state index in [0.29, 0.717) is 0 Å². The van der Waals surface area contributed by atoms with Gasteiger partial charge in [-0.3, -0.25) is 4.52 Å². The molecule has 7 N–H and O–H groups in total. The van der Waals surface area contributed by atoms with Crippen molar-refractivity contribution in [3.8, 4) is 0 Å². The Balaban J connectivity index is 2.74. The summed E-state index contributed by atoms with van der Waals surface area (Å²) in [6.07, 6.45) is -9.98. The third-order valence-corrected chi connectivity index (χ3v) is 3.83. The molecular formula is C10H21O10P. The Morgan fingerprint density at radius 3 is 2.24 bits per heavy atom. The monoisotopic (exact) mass is 332 g/mol. The average Bonchev–Trinajstić information content (AvgIpc) is 2.36. The van der Waals surface area contributed by atoms with E-state index in [4.69, 9.17) is 19.6 Å². The largest absolute Gasteiger partial charge is 0.469 e. The zero-order chi connectivity index (χ0) is 16.4. The Bertz CT molecular complexity index is 373. The first kappa shape index (κ1) is 18.9. The Labute approximate surface area is 120 Å². The Morgan fingerprint density at radius 1 is 1.19 bits per heavy atom. The number of aliphatic hydroxyl groups excluding tert-OH is 5. The molecule has 0 aromatic heterocycles. The number of ether oxygens (including phenoxy) is 1. The maximum absolute atomic E-state index is 10.7. The van der Waals surface area contributed by atoms with Crippen molar-refractivity contribution in [3.05, 3.63) is 0 Å². The average molecular weight is 332 g/mol. The molecule has 1 heterocycles. The highest BCUT2D eigenvalue weighted by Crippen LogP contribution is 2.39. The van der Waals surface area contributed by atoms with E-state index in [1.165, 1.54) is 6.92 Å². The SMILES string of the molecule is C[C@@H](CC1O[C@H]([C@@H](O)CO)[C@@H](O)[C@H](O)[C@@H]1O)OP(=O)(O)O. The van der Waals surface area contributed by atoms with Crippen molar-refractivity contribution in [3.63, 3.8) is 0 Å². The van der Waals surface area contributed by atoms with Crippen LogP contribution in [0.1, 0.15) is 13.3 Å². The number of phosphoric ester groups is 1. The van der Waals surface area contributed by atoms with Gasteiger partial charge in [-0.2, -0.15) is 0 Å². The second kappa shape index (κ2) is 7.42. The van der Waals surface area contributed by atoms with E-state index >= 15 is 0 Å². The first-order valence-electron chi connectivity index (χ1n) is 6.29. The Kier molecular flexibility index (Phi) is 6.69. The third-order valence-electron chi connectivity index (χ3n) is 3.20. The van der Waals surface area contributed by atoms with Crippen molar-refractivity contribution in [1.82, 2.24) is 0 Å². The molecule has 0 aliphatic carbocycles. The second-order valence-electron chi connectivity index (χ2n) is 5.00. The topological polar surface area (TPSA) is 177 Å². The maximum atomic E-state index is 10.7. The van der Waals surface area contributed by atoms with Crippen LogP contribution in [0.5, 0.6) is 0 Å². The lowest BCUT2D eigenvalue weighted by Gasteiger charge is -2.42. The summed E-state index contributed by atoms with van der Waals surface area (Å²) in [5.41, 5.74) is 0. The van der Waals surface area contributed by atoms with Gasteiger partial charge in [0.15, 0.2) is 0 Å². The summed E-state index contributed by atoms with van der Waals surface area (Å²) in [5, 5.41) is 47.6. The molecule has 0 radical (unpaired) electrons. The van der Waals surface area contributed by atoms with Gasteiger partial charge in [0.25, 0.3) is 0 Å². The van der Waals surface area contributed by atoms with E-state index in [1.807, 2.05) is 0 Å². The lowest BCUT2D eigenvalue weighted by atomic mass is 9.90. The number of rotatable bonds is 6. The summed E-state index contributed by atoms with van der Waals surface area (Å²) in [7, 11) is -4.72. The fraction of sp³-hybridized carbons (Fsp3) is 1.00. The van der Waals surface area contributed by atoms with Crippen LogP contribution < -0.4 is 0 Å². The smallest absolute Gasteiger partial charge is 0.394 e. The second-order valence-corrected chi connectivity index (χ2v) is 6.20. The van der Waals surface area contributed by atoms with Gasteiger partial charge in [0.2, 0.25) is 0 Å². The number of aliphatic hydroxyl groups is 5. The van der Waals surface area contributed by atoms with Crippen LogP contribution in [0.4, 0.5) is 0 Å². The molecule has 126 valence electrons. The van der Waals surface area contributed by atoms with Crippen molar-refractivity contribution in [2.24, 2.45) is 0 Å². The molecule has 1 aliphatic rings. The van der Waals surface area contributed by atoms with Gasteiger partial charge >= 0.3 is 7.82 Å². The van der Waals surface area contributed by atoms with Gasteiger partial charge in [-0.25, -0.2) is 4.57 Å². The van der Waals surface area contributed by atoms with Crippen LogP contribution in [0, 0.1) is 0 Å². The molecule has 0 bridgehead atoms. The van der Waals surface area contributed by atoms with Crippen molar-refractivity contribution >= 4 is 7.82 Å². The fourth-order valence-corrected chi connectivity index (χ4v) is 2.76. The number of phosphoric acid groups is 1.